The van der Waals surface area contributed by atoms with Gasteiger partial charge in [-0.05, 0) is 30.7 Å². The first kappa shape index (κ1) is 15.3. The summed E-state index contributed by atoms with van der Waals surface area (Å²) in [7, 11) is 0. The molecule has 3 N–H and O–H groups in total. The summed E-state index contributed by atoms with van der Waals surface area (Å²) < 4.78 is 0. The molecule has 0 atom stereocenters. The Morgan fingerprint density at radius 3 is 2.81 bits per heavy atom. The van der Waals surface area contributed by atoms with Gasteiger partial charge >= 0.3 is 0 Å². The van der Waals surface area contributed by atoms with E-state index in [9.17, 15) is 4.79 Å². The van der Waals surface area contributed by atoms with Crippen LogP contribution in [0.4, 0.5) is 11.4 Å². The number of anilines is 2. The van der Waals surface area contributed by atoms with Crippen molar-refractivity contribution in [3.05, 3.63) is 30.5 Å². The van der Waals surface area contributed by atoms with Crippen molar-refractivity contribution in [1.82, 2.24) is 4.98 Å². The fourth-order valence-electron chi connectivity index (χ4n) is 2.41. The summed E-state index contributed by atoms with van der Waals surface area (Å²) in [6.07, 6.45) is 8.00. The molecule has 4 nitrogen and oxygen atoms in total. The van der Waals surface area contributed by atoms with Gasteiger partial charge in [0, 0.05) is 18.0 Å². The fraction of sp³-hybridized carbons (Fsp3) is 0.412. The molecule has 0 radical (unpaired) electrons. The molecule has 1 aromatic carbocycles. The normalized spacial score (nSPS) is 10.7. The molecule has 0 bridgehead atoms. The molecular formula is C17H23N3O. The third-order valence-electron chi connectivity index (χ3n) is 3.58. The molecule has 112 valence electrons. The topological polar surface area (TPSA) is 68.0 Å². The first-order valence-electron chi connectivity index (χ1n) is 7.65. The van der Waals surface area contributed by atoms with Crippen LogP contribution in [0.25, 0.3) is 10.9 Å². The number of carbonyl (C=O) groups excluding carboxylic acids is 1. The molecule has 1 amide bonds. The van der Waals surface area contributed by atoms with Gasteiger partial charge in [-0.15, -0.1) is 0 Å². The van der Waals surface area contributed by atoms with Gasteiger partial charge in [0.05, 0.1) is 16.9 Å². The van der Waals surface area contributed by atoms with Crippen LogP contribution in [0.2, 0.25) is 0 Å². The highest BCUT2D eigenvalue weighted by atomic mass is 16.1. The lowest BCUT2D eigenvalue weighted by molar-refractivity contribution is -0.116. The average Bonchev–Trinajstić information content (AvgIpc) is 2.50. The minimum absolute atomic E-state index is 0.0569. The summed E-state index contributed by atoms with van der Waals surface area (Å²) in [6, 6.07) is 7.40. The number of amides is 1. The van der Waals surface area contributed by atoms with Crippen molar-refractivity contribution in [2.45, 2.75) is 45.4 Å². The number of pyridine rings is 1. The predicted molar refractivity (Wildman–Crippen MR) is 88.2 cm³/mol. The van der Waals surface area contributed by atoms with E-state index in [0.29, 0.717) is 12.1 Å². The number of rotatable bonds is 7. The van der Waals surface area contributed by atoms with Crippen LogP contribution in [0.3, 0.4) is 0 Å². The lowest BCUT2D eigenvalue weighted by Crippen LogP contribution is -2.11. The van der Waals surface area contributed by atoms with E-state index in [-0.39, 0.29) is 5.91 Å². The van der Waals surface area contributed by atoms with Crippen LogP contribution >= 0.6 is 0 Å². The van der Waals surface area contributed by atoms with E-state index in [0.717, 1.165) is 29.4 Å². The number of benzene rings is 1. The molecule has 21 heavy (non-hydrogen) atoms. The van der Waals surface area contributed by atoms with Crippen LogP contribution < -0.4 is 11.1 Å². The zero-order chi connectivity index (χ0) is 15.1. The summed E-state index contributed by atoms with van der Waals surface area (Å²) in [5.74, 6) is 0.0569. The molecule has 0 saturated heterocycles. The number of carbonyl (C=O) groups is 1. The van der Waals surface area contributed by atoms with Gasteiger partial charge in [-0.2, -0.15) is 0 Å². The first-order valence-corrected chi connectivity index (χ1v) is 7.65. The smallest absolute Gasteiger partial charge is 0.224 e. The number of aromatic nitrogens is 1. The molecule has 0 saturated carbocycles. The number of nitrogen functional groups attached to an aromatic ring is 1. The lowest BCUT2D eigenvalue weighted by atomic mass is 10.1. The molecule has 2 aromatic rings. The summed E-state index contributed by atoms with van der Waals surface area (Å²) in [6.45, 7) is 2.19. The zero-order valence-corrected chi connectivity index (χ0v) is 12.6. The molecule has 0 aliphatic heterocycles. The fourth-order valence-corrected chi connectivity index (χ4v) is 2.41. The third-order valence-corrected chi connectivity index (χ3v) is 3.58. The second-order valence-electron chi connectivity index (χ2n) is 5.31. The third kappa shape index (κ3) is 4.18. The Hall–Kier alpha value is -2.10. The summed E-state index contributed by atoms with van der Waals surface area (Å²) in [4.78, 5) is 16.3. The van der Waals surface area contributed by atoms with Crippen LogP contribution in [-0.2, 0) is 4.79 Å². The van der Waals surface area contributed by atoms with Gasteiger partial charge in [0.25, 0.3) is 0 Å². The van der Waals surface area contributed by atoms with Gasteiger partial charge < -0.3 is 11.1 Å². The van der Waals surface area contributed by atoms with E-state index in [4.69, 9.17) is 5.73 Å². The highest BCUT2D eigenvalue weighted by Crippen LogP contribution is 2.26. The minimum Gasteiger partial charge on any atom is -0.397 e. The average molecular weight is 285 g/mol. The number of hydrogen-bond donors (Lipinski definition) is 2. The number of nitrogens with one attached hydrogen (secondary N) is 1. The monoisotopic (exact) mass is 285 g/mol. The van der Waals surface area contributed by atoms with Crippen LogP contribution in [0, 0.1) is 0 Å². The Balaban J connectivity index is 1.97. The van der Waals surface area contributed by atoms with Crippen LogP contribution in [0.5, 0.6) is 0 Å². The van der Waals surface area contributed by atoms with Crippen molar-refractivity contribution in [3.8, 4) is 0 Å². The van der Waals surface area contributed by atoms with Crippen molar-refractivity contribution in [3.63, 3.8) is 0 Å². The number of nitrogens with two attached hydrogens (primary N) is 1. The van der Waals surface area contributed by atoms with E-state index < -0.39 is 0 Å². The van der Waals surface area contributed by atoms with E-state index in [1.807, 2.05) is 18.2 Å². The van der Waals surface area contributed by atoms with Crippen molar-refractivity contribution in [2.24, 2.45) is 0 Å². The summed E-state index contributed by atoms with van der Waals surface area (Å²) in [5, 5.41) is 3.85. The molecule has 0 aliphatic rings. The number of hydrogen-bond acceptors (Lipinski definition) is 3. The maximum Gasteiger partial charge on any atom is 0.224 e. The van der Waals surface area contributed by atoms with Crippen LogP contribution in [0.1, 0.15) is 45.4 Å². The highest BCUT2D eigenvalue weighted by Gasteiger charge is 2.08. The maximum absolute atomic E-state index is 12.0. The van der Waals surface area contributed by atoms with E-state index in [1.165, 1.54) is 19.3 Å². The Kier molecular flexibility index (Phi) is 5.55. The Bertz CT molecular complexity index is 610. The number of unbranched alkanes of at least 4 members (excludes halogenated alkanes) is 4. The largest absolute Gasteiger partial charge is 0.397 e. The predicted octanol–water partition coefficient (Wildman–Crippen LogP) is 4.12. The van der Waals surface area contributed by atoms with Gasteiger partial charge in [-0.1, -0.05) is 32.6 Å². The van der Waals surface area contributed by atoms with Crippen molar-refractivity contribution >= 4 is 28.2 Å². The molecule has 0 aliphatic carbocycles. The van der Waals surface area contributed by atoms with Crippen LogP contribution in [0.15, 0.2) is 30.5 Å². The standard InChI is InChI=1S/C17H23N3O/c1-2-3-4-5-6-9-16(21)20-15-11-10-14(18)17-13(15)8-7-12-19-17/h7-8,10-12H,2-6,9,18H2,1H3,(H,20,21). The van der Waals surface area contributed by atoms with Crippen molar-refractivity contribution in [2.75, 3.05) is 11.1 Å². The zero-order valence-electron chi connectivity index (χ0n) is 12.6. The van der Waals surface area contributed by atoms with Crippen molar-refractivity contribution in [1.29, 1.82) is 0 Å². The number of nitrogens with zero attached hydrogens (tertiary/aromatic N) is 1. The van der Waals surface area contributed by atoms with Gasteiger partial charge in [0.2, 0.25) is 5.91 Å². The Labute approximate surface area is 125 Å². The molecule has 2 rings (SSSR count). The lowest BCUT2D eigenvalue weighted by Gasteiger charge is -2.09. The van der Waals surface area contributed by atoms with E-state index in [1.54, 1.807) is 12.3 Å². The Morgan fingerprint density at radius 1 is 1.19 bits per heavy atom. The molecule has 0 fully saturated rings. The van der Waals surface area contributed by atoms with Gasteiger partial charge in [0.1, 0.15) is 0 Å². The first-order chi connectivity index (χ1) is 10.2. The molecule has 0 unspecified atom stereocenters. The molecule has 4 heteroatoms. The Morgan fingerprint density at radius 2 is 2.00 bits per heavy atom. The van der Waals surface area contributed by atoms with Gasteiger partial charge in [0.15, 0.2) is 0 Å². The molecule has 0 spiro atoms. The second kappa shape index (κ2) is 7.62. The minimum atomic E-state index is 0.0569. The molecular weight excluding hydrogens is 262 g/mol. The van der Waals surface area contributed by atoms with Crippen molar-refractivity contribution < 1.29 is 4.79 Å². The number of fused-ring (bicyclic) bond motifs is 1. The maximum atomic E-state index is 12.0. The summed E-state index contributed by atoms with van der Waals surface area (Å²) >= 11 is 0. The van der Waals surface area contributed by atoms with Gasteiger partial charge in [-0.3, -0.25) is 9.78 Å². The second-order valence-corrected chi connectivity index (χ2v) is 5.31. The molecule has 1 heterocycles. The van der Waals surface area contributed by atoms with E-state index >= 15 is 0 Å². The highest BCUT2D eigenvalue weighted by molar-refractivity contribution is 6.04. The quantitative estimate of drug-likeness (QED) is 0.594. The van der Waals surface area contributed by atoms with Crippen LogP contribution in [-0.4, -0.2) is 10.9 Å². The SMILES string of the molecule is CCCCCCCC(=O)Nc1ccc(N)c2ncccc12. The van der Waals surface area contributed by atoms with E-state index in [2.05, 4.69) is 17.2 Å². The summed E-state index contributed by atoms with van der Waals surface area (Å²) in [5.41, 5.74) is 8.05. The van der Waals surface area contributed by atoms with Gasteiger partial charge in [-0.25, -0.2) is 0 Å². The molecule has 1 aromatic heterocycles.